The van der Waals surface area contributed by atoms with E-state index in [1.807, 2.05) is 0 Å². The van der Waals surface area contributed by atoms with E-state index in [9.17, 15) is 4.79 Å². The maximum absolute atomic E-state index is 10.8. The van der Waals surface area contributed by atoms with Gasteiger partial charge in [0, 0.05) is 19.1 Å². The van der Waals surface area contributed by atoms with Gasteiger partial charge in [0.1, 0.15) is 0 Å². The fraction of sp³-hybridized carbons (Fsp3) is 0.786. The van der Waals surface area contributed by atoms with Gasteiger partial charge in [0.25, 0.3) is 0 Å². The summed E-state index contributed by atoms with van der Waals surface area (Å²) in [4.78, 5) is 13.1. The van der Waals surface area contributed by atoms with E-state index in [4.69, 9.17) is 5.11 Å². The standard InChI is InChI=1S/C14H22N4O2S/c1-10-6-7-17(8-10)13-15-16-14(21-9-12(19)20)18(13)11-4-2-3-5-11/h10-11H,2-9H2,1H3,(H,19,20). The number of carboxylic acids is 1. The highest BCUT2D eigenvalue weighted by Gasteiger charge is 2.29. The number of anilines is 1. The summed E-state index contributed by atoms with van der Waals surface area (Å²) in [7, 11) is 0. The molecule has 0 aromatic carbocycles. The van der Waals surface area contributed by atoms with Crippen LogP contribution in [0.2, 0.25) is 0 Å². The predicted molar refractivity (Wildman–Crippen MR) is 81.9 cm³/mol. The van der Waals surface area contributed by atoms with Gasteiger partial charge in [-0.1, -0.05) is 31.5 Å². The van der Waals surface area contributed by atoms with E-state index in [1.54, 1.807) is 0 Å². The van der Waals surface area contributed by atoms with Gasteiger partial charge in [-0.15, -0.1) is 10.2 Å². The summed E-state index contributed by atoms with van der Waals surface area (Å²) in [5.74, 6) is 0.867. The third-order valence-corrected chi connectivity index (χ3v) is 5.30. The van der Waals surface area contributed by atoms with Crippen molar-refractivity contribution in [3.8, 4) is 0 Å². The van der Waals surface area contributed by atoms with Crippen LogP contribution in [0.25, 0.3) is 0 Å². The lowest BCUT2D eigenvalue weighted by Crippen LogP contribution is -2.24. The van der Waals surface area contributed by atoms with Crippen LogP contribution in [0.4, 0.5) is 5.95 Å². The Morgan fingerprint density at radius 1 is 1.33 bits per heavy atom. The molecule has 2 fully saturated rings. The van der Waals surface area contributed by atoms with Crippen LogP contribution >= 0.6 is 11.8 Å². The van der Waals surface area contributed by atoms with Gasteiger partial charge in [-0.2, -0.15) is 0 Å². The first-order valence-corrected chi connectivity index (χ1v) is 8.68. The molecule has 0 radical (unpaired) electrons. The summed E-state index contributed by atoms with van der Waals surface area (Å²) >= 11 is 1.29. The lowest BCUT2D eigenvalue weighted by molar-refractivity contribution is -0.133. The number of carboxylic acid groups (broad SMARTS) is 1. The number of nitrogens with zero attached hydrogens (tertiary/aromatic N) is 4. The van der Waals surface area contributed by atoms with Crippen molar-refractivity contribution in [3.05, 3.63) is 0 Å². The average molecular weight is 310 g/mol. The van der Waals surface area contributed by atoms with Crippen LogP contribution in [-0.4, -0.2) is 44.7 Å². The average Bonchev–Trinajstić information content (AvgIpc) is 3.15. The molecule has 0 bridgehead atoms. The largest absolute Gasteiger partial charge is 0.481 e. The van der Waals surface area contributed by atoms with Crippen molar-refractivity contribution in [2.24, 2.45) is 5.92 Å². The highest BCUT2D eigenvalue weighted by Crippen LogP contribution is 2.37. The number of hydrogen-bond donors (Lipinski definition) is 1. The second-order valence-electron chi connectivity index (χ2n) is 6.11. The number of rotatable bonds is 5. The topological polar surface area (TPSA) is 71.2 Å². The molecule has 1 unspecified atom stereocenters. The van der Waals surface area contributed by atoms with Gasteiger partial charge in [0.05, 0.1) is 5.75 Å². The van der Waals surface area contributed by atoms with Gasteiger partial charge in [0.15, 0.2) is 5.16 Å². The van der Waals surface area contributed by atoms with Crippen molar-refractivity contribution in [1.82, 2.24) is 14.8 Å². The Labute approximate surface area is 128 Å². The van der Waals surface area contributed by atoms with Crippen molar-refractivity contribution < 1.29 is 9.90 Å². The zero-order valence-electron chi connectivity index (χ0n) is 12.4. The lowest BCUT2D eigenvalue weighted by atomic mass is 10.2. The molecule has 1 aliphatic carbocycles. The summed E-state index contributed by atoms with van der Waals surface area (Å²) in [6.07, 6.45) is 5.96. The van der Waals surface area contributed by atoms with Crippen LogP contribution in [0.3, 0.4) is 0 Å². The molecule has 1 aromatic rings. The smallest absolute Gasteiger partial charge is 0.313 e. The molecule has 1 aromatic heterocycles. The zero-order valence-corrected chi connectivity index (χ0v) is 13.2. The number of aromatic nitrogens is 3. The Balaban J connectivity index is 1.86. The molecule has 1 aliphatic heterocycles. The van der Waals surface area contributed by atoms with Gasteiger partial charge >= 0.3 is 5.97 Å². The fourth-order valence-corrected chi connectivity index (χ4v) is 4.03. The Kier molecular flexibility index (Phi) is 4.37. The van der Waals surface area contributed by atoms with Gasteiger partial charge < -0.3 is 10.0 Å². The van der Waals surface area contributed by atoms with Crippen LogP contribution in [0.1, 0.15) is 45.1 Å². The Morgan fingerprint density at radius 3 is 2.71 bits per heavy atom. The van der Waals surface area contributed by atoms with Gasteiger partial charge in [-0.3, -0.25) is 9.36 Å². The second-order valence-corrected chi connectivity index (χ2v) is 7.06. The number of carbonyl (C=O) groups is 1. The predicted octanol–water partition coefficient (Wildman–Crippen LogP) is 2.42. The van der Waals surface area contributed by atoms with Crippen molar-refractivity contribution in [1.29, 1.82) is 0 Å². The first-order valence-electron chi connectivity index (χ1n) is 7.69. The van der Waals surface area contributed by atoms with Gasteiger partial charge in [-0.05, 0) is 25.2 Å². The maximum atomic E-state index is 10.8. The Bertz CT molecular complexity index is 513. The summed E-state index contributed by atoms with van der Waals surface area (Å²) < 4.78 is 2.21. The van der Waals surface area contributed by atoms with E-state index in [1.165, 1.54) is 31.0 Å². The highest BCUT2D eigenvalue weighted by molar-refractivity contribution is 7.99. The first-order chi connectivity index (χ1) is 10.1. The van der Waals surface area contributed by atoms with Crippen LogP contribution < -0.4 is 4.90 Å². The summed E-state index contributed by atoms with van der Waals surface area (Å²) in [6.45, 7) is 4.31. The molecule has 1 saturated heterocycles. The van der Waals surface area contributed by atoms with Crippen LogP contribution in [0.5, 0.6) is 0 Å². The second kappa shape index (κ2) is 6.25. The third kappa shape index (κ3) is 3.17. The molecule has 1 atom stereocenters. The maximum Gasteiger partial charge on any atom is 0.313 e. The molecule has 6 nitrogen and oxygen atoms in total. The minimum Gasteiger partial charge on any atom is -0.481 e. The van der Waals surface area contributed by atoms with E-state index in [0.717, 1.165) is 37.0 Å². The minimum atomic E-state index is -0.808. The third-order valence-electron chi connectivity index (χ3n) is 4.37. The molecule has 1 N–H and O–H groups in total. The molecular formula is C14H22N4O2S. The fourth-order valence-electron chi connectivity index (χ4n) is 3.31. The molecular weight excluding hydrogens is 288 g/mol. The van der Waals surface area contributed by atoms with Crippen LogP contribution in [0.15, 0.2) is 5.16 Å². The number of aliphatic carboxylic acids is 1. The molecule has 7 heteroatoms. The Hall–Kier alpha value is -1.24. The van der Waals surface area contributed by atoms with E-state index < -0.39 is 5.97 Å². The van der Waals surface area contributed by atoms with E-state index in [2.05, 4.69) is 26.6 Å². The molecule has 116 valence electrons. The monoisotopic (exact) mass is 310 g/mol. The van der Waals surface area contributed by atoms with E-state index in [0.29, 0.717) is 12.0 Å². The molecule has 3 rings (SSSR count). The molecule has 1 saturated carbocycles. The molecule has 21 heavy (non-hydrogen) atoms. The molecule has 0 amide bonds. The first kappa shape index (κ1) is 14.7. The van der Waals surface area contributed by atoms with Crippen LogP contribution in [0, 0.1) is 5.92 Å². The molecule has 0 spiro atoms. The minimum absolute atomic E-state index is 0.0429. The molecule has 2 heterocycles. The Morgan fingerprint density at radius 2 is 2.10 bits per heavy atom. The van der Waals surface area contributed by atoms with Gasteiger partial charge in [-0.25, -0.2) is 0 Å². The van der Waals surface area contributed by atoms with Crippen molar-refractivity contribution >= 4 is 23.7 Å². The number of hydrogen-bond acceptors (Lipinski definition) is 5. The van der Waals surface area contributed by atoms with Crippen LogP contribution in [-0.2, 0) is 4.79 Å². The van der Waals surface area contributed by atoms with Crippen molar-refractivity contribution in [3.63, 3.8) is 0 Å². The normalized spacial score (nSPS) is 23.1. The quantitative estimate of drug-likeness (QED) is 0.842. The van der Waals surface area contributed by atoms with Crippen molar-refractivity contribution in [2.45, 2.75) is 50.2 Å². The highest BCUT2D eigenvalue weighted by atomic mass is 32.2. The molecule has 2 aliphatic rings. The zero-order chi connectivity index (χ0) is 14.8. The summed E-state index contributed by atoms with van der Waals surface area (Å²) in [5, 5.41) is 18.3. The number of thioether (sulfide) groups is 1. The van der Waals surface area contributed by atoms with E-state index in [-0.39, 0.29) is 5.75 Å². The van der Waals surface area contributed by atoms with Gasteiger partial charge in [0.2, 0.25) is 5.95 Å². The SMILES string of the molecule is CC1CCN(c2nnc(SCC(=O)O)n2C2CCCC2)C1. The van der Waals surface area contributed by atoms with E-state index >= 15 is 0 Å². The lowest BCUT2D eigenvalue weighted by Gasteiger charge is -2.22. The summed E-state index contributed by atoms with van der Waals surface area (Å²) in [6, 6.07) is 0.433. The summed E-state index contributed by atoms with van der Waals surface area (Å²) in [5.41, 5.74) is 0. The van der Waals surface area contributed by atoms with Crippen molar-refractivity contribution in [2.75, 3.05) is 23.7 Å².